The Morgan fingerprint density at radius 1 is 1.44 bits per heavy atom. The van der Waals surface area contributed by atoms with Crippen molar-refractivity contribution < 1.29 is 18.3 Å². The molecule has 0 aromatic heterocycles. The number of carbonyl (C=O) groups is 1. The van der Waals surface area contributed by atoms with E-state index in [9.17, 15) is 18.3 Å². The second kappa shape index (κ2) is 4.79. The summed E-state index contributed by atoms with van der Waals surface area (Å²) in [5.74, 6) is -0.318. The molecule has 0 radical (unpaired) electrons. The summed E-state index contributed by atoms with van der Waals surface area (Å²) in [7, 11) is -3.21. The first kappa shape index (κ1) is 13.2. The highest BCUT2D eigenvalue weighted by Gasteiger charge is 2.25. The lowest BCUT2D eigenvalue weighted by Gasteiger charge is -2.17. The average molecular weight is 269 g/mol. The quantitative estimate of drug-likeness (QED) is 0.747. The Labute approximate surface area is 106 Å². The van der Waals surface area contributed by atoms with Gasteiger partial charge in [-0.2, -0.15) is 0 Å². The lowest BCUT2D eigenvalue weighted by atomic mass is 10.0. The first-order valence-electron chi connectivity index (χ1n) is 5.74. The van der Waals surface area contributed by atoms with E-state index < -0.39 is 21.7 Å². The van der Waals surface area contributed by atoms with Gasteiger partial charge >= 0.3 is 0 Å². The van der Waals surface area contributed by atoms with Crippen LogP contribution in [-0.4, -0.2) is 37.7 Å². The van der Waals surface area contributed by atoms with Crippen molar-refractivity contribution in [3.63, 3.8) is 0 Å². The lowest BCUT2D eigenvalue weighted by molar-refractivity contribution is 0.0763. The second-order valence-electron chi connectivity index (χ2n) is 4.36. The van der Waals surface area contributed by atoms with Crippen molar-refractivity contribution in [2.24, 2.45) is 5.73 Å². The van der Waals surface area contributed by atoms with Gasteiger partial charge in [-0.15, -0.1) is 0 Å². The molecule has 0 aliphatic carbocycles. The summed E-state index contributed by atoms with van der Waals surface area (Å²) in [5.41, 5.74) is 6.18. The monoisotopic (exact) mass is 269 g/mol. The molecule has 0 saturated heterocycles. The number of ketones is 1. The summed E-state index contributed by atoms with van der Waals surface area (Å²) < 4.78 is 23.6. The highest BCUT2D eigenvalue weighted by molar-refractivity contribution is 7.91. The van der Waals surface area contributed by atoms with E-state index in [4.69, 9.17) is 5.73 Å². The van der Waals surface area contributed by atoms with Gasteiger partial charge in [-0.3, -0.25) is 4.79 Å². The van der Waals surface area contributed by atoms with E-state index in [1.54, 1.807) is 6.07 Å². The van der Waals surface area contributed by atoms with E-state index in [1.165, 1.54) is 12.1 Å². The van der Waals surface area contributed by atoms with Gasteiger partial charge in [0.15, 0.2) is 15.6 Å². The third kappa shape index (κ3) is 2.31. The molecule has 0 spiro atoms. The summed E-state index contributed by atoms with van der Waals surface area (Å²) in [5, 5.41) is 9.39. The molecule has 0 saturated carbocycles. The molecule has 3 N–H and O–H groups in total. The zero-order valence-electron chi connectivity index (χ0n) is 9.80. The number of hydrogen-bond acceptors (Lipinski definition) is 5. The number of sulfone groups is 1. The standard InChI is InChI=1S/C12H15NO4S/c13-7-10(14)12(15)9-3-4-11-8(6-9)2-1-5-18(11,16)17/h3-4,6,10,14H,1-2,5,7,13H2. The number of nitrogens with two attached hydrogens (primary N) is 1. The molecule has 5 nitrogen and oxygen atoms in total. The largest absolute Gasteiger partial charge is 0.384 e. The molecule has 0 amide bonds. The van der Waals surface area contributed by atoms with Crippen LogP contribution in [0.15, 0.2) is 23.1 Å². The number of aryl methyl sites for hydroxylation is 1. The first-order valence-corrected chi connectivity index (χ1v) is 7.39. The number of aliphatic hydroxyl groups excluding tert-OH is 1. The van der Waals surface area contributed by atoms with E-state index >= 15 is 0 Å². The molecular weight excluding hydrogens is 254 g/mol. The Bertz CT molecular complexity index is 580. The van der Waals surface area contributed by atoms with E-state index in [0.29, 0.717) is 28.9 Å². The lowest BCUT2D eigenvalue weighted by Crippen LogP contribution is -2.29. The van der Waals surface area contributed by atoms with Crippen LogP contribution in [0.5, 0.6) is 0 Å². The van der Waals surface area contributed by atoms with Gasteiger partial charge in [0.25, 0.3) is 0 Å². The number of rotatable bonds is 3. The zero-order chi connectivity index (χ0) is 13.3. The molecule has 1 aliphatic rings. The number of aliphatic hydroxyl groups is 1. The average Bonchev–Trinajstić information content (AvgIpc) is 2.36. The van der Waals surface area contributed by atoms with Gasteiger partial charge in [0.05, 0.1) is 10.6 Å². The topological polar surface area (TPSA) is 97.5 Å². The Balaban J connectivity index is 2.42. The van der Waals surface area contributed by atoms with Gasteiger partial charge in [0, 0.05) is 12.1 Å². The third-order valence-electron chi connectivity index (χ3n) is 3.07. The Kier molecular flexibility index (Phi) is 3.52. The van der Waals surface area contributed by atoms with Crippen molar-refractivity contribution >= 4 is 15.6 Å². The van der Waals surface area contributed by atoms with Gasteiger partial charge in [-0.05, 0) is 36.6 Å². The summed E-state index contributed by atoms with van der Waals surface area (Å²) in [6.07, 6.45) is -0.0378. The summed E-state index contributed by atoms with van der Waals surface area (Å²) >= 11 is 0. The zero-order valence-corrected chi connectivity index (χ0v) is 10.6. The van der Waals surface area contributed by atoms with Crippen LogP contribution in [0.25, 0.3) is 0 Å². The van der Waals surface area contributed by atoms with Crippen LogP contribution in [0.1, 0.15) is 22.3 Å². The predicted molar refractivity (Wildman–Crippen MR) is 66.2 cm³/mol. The minimum absolute atomic E-state index is 0.145. The van der Waals surface area contributed by atoms with Gasteiger partial charge in [0.1, 0.15) is 6.10 Å². The molecule has 6 heteroatoms. The molecule has 0 fully saturated rings. The minimum Gasteiger partial charge on any atom is -0.384 e. The highest BCUT2D eigenvalue weighted by Crippen LogP contribution is 2.26. The Hall–Kier alpha value is -1.24. The fourth-order valence-electron chi connectivity index (χ4n) is 2.09. The van der Waals surface area contributed by atoms with Gasteiger partial charge in [0.2, 0.25) is 0 Å². The number of fused-ring (bicyclic) bond motifs is 1. The SMILES string of the molecule is NCC(O)C(=O)c1ccc2c(c1)CCCS2(=O)=O. The van der Waals surface area contributed by atoms with Crippen LogP contribution in [0.2, 0.25) is 0 Å². The molecule has 18 heavy (non-hydrogen) atoms. The summed E-state index contributed by atoms with van der Waals surface area (Å²) in [4.78, 5) is 12.0. The van der Waals surface area contributed by atoms with Crippen molar-refractivity contribution in [2.45, 2.75) is 23.8 Å². The maximum absolute atomic E-state index is 11.8. The summed E-state index contributed by atoms with van der Waals surface area (Å²) in [6.45, 7) is -0.145. The van der Waals surface area contributed by atoms with Gasteiger partial charge in [-0.1, -0.05) is 0 Å². The fraction of sp³-hybridized carbons (Fsp3) is 0.417. The molecule has 1 heterocycles. The maximum Gasteiger partial charge on any atom is 0.192 e. The number of Topliss-reactive ketones (excluding diaryl/α,β-unsaturated/α-hetero) is 1. The molecule has 1 atom stereocenters. The van der Waals surface area contributed by atoms with Crippen LogP contribution < -0.4 is 5.73 Å². The predicted octanol–water partition coefficient (Wildman–Crippen LogP) is -0.0912. The molecule has 1 aromatic carbocycles. The molecular formula is C12H15NO4S. The minimum atomic E-state index is -3.21. The van der Waals surface area contributed by atoms with Crippen LogP contribution in [0.4, 0.5) is 0 Å². The Morgan fingerprint density at radius 2 is 2.17 bits per heavy atom. The van der Waals surface area contributed by atoms with E-state index in [0.717, 1.165) is 0 Å². The number of carbonyl (C=O) groups excluding carboxylic acids is 1. The van der Waals surface area contributed by atoms with Crippen molar-refractivity contribution in [1.82, 2.24) is 0 Å². The maximum atomic E-state index is 11.8. The van der Waals surface area contributed by atoms with E-state index in [2.05, 4.69) is 0 Å². The molecule has 0 bridgehead atoms. The first-order chi connectivity index (χ1) is 8.45. The molecule has 2 rings (SSSR count). The molecule has 1 aliphatic heterocycles. The molecule has 98 valence electrons. The van der Waals surface area contributed by atoms with Crippen LogP contribution >= 0.6 is 0 Å². The van der Waals surface area contributed by atoms with Crippen molar-refractivity contribution in [1.29, 1.82) is 0 Å². The van der Waals surface area contributed by atoms with E-state index in [1.807, 2.05) is 0 Å². The second-order valence-corrected chi connectivity index (χ2v) is 6.44. The van der Waals surface area contributed by atoms with Crippen LogP contribution in [-0.2, 0) is 16.3 Å². The smallest absolute Gasteiger partial charge is 0.192 e. The summed E-state index contributed by atoms with van der Waals surface area (Å²) in [6, 6.07) is 4.43. The number of hydrogen-bond donors (Lipinski definition) is 2. The number of benzene rings is 1. The van der Waals surface area contributed by atoms with Gasteiger partial charge in [-0.25, -0.2) is 8.42 Å². The Morgan fingerprint density at radius 3 is 2.83 bits per heavy atom. The molecule has 1 unspecified atom stereocenters. The van der Waals surface area contributed by atoms with Crippen LogP contribution in [0, 0.1) is 0 Å². The highest BCUT2D eigenvalue weighted by atomic mass is 32.2. The normalized spacial score (nSPS) is 19.0. The van der Waals surface area contributed by atoms with Gasteiger partial charge < -0.3 is 10.8 Å². The molecule has 1 aromatic rings. The fourth-order valence-corrected chi connectivity index (χ4v) is 3.67. The third-order valence-corrected chi connectivity index (χ3v) is 4.96. The van der Waals surface area contributed by atoms with E-state index in [-0.39, 0.29) is 12.3 Å². The van der Waals surface area contributed by atoms with Crippen molar-refractivity contribution in [2.75, 3.05) is 12.3 Å². The van der Waals surface area contributed by atoms with Crippen LogP contribution in [0.3, 0.4) is 0 Å². The van der Waals surface area contributed by atoms with Crippen molar-refractivity contribution in [3.8, 4) is 0 Å². The van der Waals surface area contributed by atoms with Crippen molar-refractivity contribution in [3.05, 3.63) is 29.3 Å².